The summed E-state index contributed by atoms with van der Waals surface area (Å²) in [6.07, 6.45) is 0.901. The second kappa shape index (κ2) is 8.86. The third-order valence-corrected chi connectivity index (χ3v) is 3.89. The molecule has 0 atom stereocenters. The van der Waals surface area contributed by atoms with E-state index in [0.717, 1.165) is 22.6 Å². The number of nitrogens with one attached hydrogen (secondary N) is 1. The number of methoxy groups -OCH3 is 1. The van der Waals surface area contributed by atoms with Crippen molar-refractivity contribution in [1.82, 2.24) is 4.98 Å². The quantitative estimate of drug-likeness (QED) is 0.768. The number of hydrogen-bond acceptors (Lipinski definition) is 5. The molecule has 0 aliphatic heterocycles. The lowest BCUT2D eigenvalue weighted by Crippen LogP contribution is -2.15. The number of anilines is 1. The van der Waals surface area contributed by atoms with E-state index in [1.54, 1.807) is 18.2 Å². The molecule has 2 rings (SSSR count). The first kappa shape index (κ1) is 19.3. The van der Waals surface area contributed by atoms with Gasteiger partial charge in [-0.25, -0.2) is 0 Å². The average molecular weight is 353 g/mol. The monoisotopic (exact) mass is 353 g/mol. The Labute approximate surface area is 153 Å². The topological polar surface area (TPSA) is 84.2 Å². The molecule has 1 aromatic carbocycles. The van der Waals surface area contributed by atoms with E-state index >= 15 is 0 Å². The van der Waals surface area contributed by atoms with Gasteiger partial charge in [-0.3, -0.25) is 9.78 Å². The highest BCUT2D eigenvalue weighted by molar-refractivity contribution is 5.92. The lowest BCUT2D eigenvalue weighted by Gasteiger charge is -2.13. The fraction of sp³-hybridized carbons (Fsp3) is 0.350. The van der Waals surface area contributed by atoms with Gasteiger partial charge >= 0.3 is 0 Å². The van der Waals surface area contributed by atoms with Gasteiger partial charge in [0.2, 0.25) is 5.91 Å². The molecular weight excluding hydrogens is 330 g/mol. The Morgan fingerprint density at radius 3 is 2.65 bits per heavy atom. The largest absolute Gasteiger partial charge is 0.493 e. The number of carbonyl (C=O) groups is 1. The van der Waals surface area contributed by atoms with Crippen LogP contribution in [0.5, 0.6) is 11.5 Å². The molecule has 136 valence electrons. The summed E-state index contributed by atoms with van der Waals surface area (Å²) in [5.41, 5.74) is 4.03. The fourth-order valence-electron chi connectivity index (χ4n) is 2.69. The molecule has 0 saturated heterocycles. The van der Waals surface area contributed by atoms with Crippen LogP contribution >= 0.6 is 0 Å². The van der Waals surface area contributed by atoms with Crippen LogP contribution < -0.4 is 14.8 Å². The van der Waals surface area contributed by atoms with Gasteiger partial charge in [-0.05, 0) is 51.0 Å². The van der Waals surface area contributed by atoms with Crippen LogP contribution in [0.15, 0.2) is 24.3 Å². The number of hydrogen-bond donors (Lipinski definition) is 1. The third kappa shape index (κ3) is 4.96. The van der Waals surface area contributed by atoms with E-state index in [1.807, 2.05) is 26.8 Å². The summed E-state index contributed by atoms with van der Waals surface area (Å²) in [6.45, 7) is 6.15. The number of aryl methyl sites for hydroxylation is 3. The summed E-state index contributed by atoms with van der Waals surface area (Å²) in [5.74, 6) is 0.990. The van der Waals surface area contributed by atoms with Gasteiger partial charge in [-0.15, -0.1) is 0 Å². The number of ether oxygens (including phenoxy) is 2. The third-order valence-electron chi connectivity index (χ3n) is 3.89. The number of nitrogens with zero attached hydrogens (tertiary/aromatic N) is 2. The van der Waals surface area contributed by atoms with Crippen molar-refractivity contribution in [3.8, 4) is 17.6 Å². The number of pyridine rings is 1. The van der Waals surface area contributed by atoms with Gasteiger partial charge in [-0.1, -0.05) is 0 Å². The smallest absolute Gasteiger partial charge is 0.224 e. The van der Waals surface area contributed by atoms with Crippen LogP contribution in [0.3, 0.4) is 0 Å². The van der Waals surface area contributed by atoms with Crippen LogP contribution in [0.25, 0.3) is 0 Å². The van der Waals surface area contributed by atoms with Gasteiger partial charge in [0.15, 0.2) is 11.5 Å². The van der Waals surface area contributed by atoms with E-state index in [1.165, 1.54) is 7.11 Å². The Morgan fingerprint density at radius 2 is 2.00 bits per heavy atom. The predicted octanol–water partition coefficient (Wildman–Crippen LogP) is 3.68. The Hall–Kier alpha value is -3.07. The van der Waals surface area contributed by atoms with Gasteiger partial charge in [-0.2, -0.15) is 5.26 Å². The van der Waals surface area contributed by atoms with Crippen molar-refractivity contribution in [3.05, 3.63) is 46.8 Å². The molecule has 0 saturated carbocycles. The highest BCUT2D eigenvalue weighted by atomic mass is 16.5. The Bertz CT molecular complexity index is 818. The van der Waals surface area contributed by atoms with Crippen molar-refractivity contribution in [3.63, 3.8) is 0 Å². The lowest BCUT2D eigenvalue weighted by molar-refractivity contribution is -0.116. The zero-order valence-corrected chi connectivity index (χ0v) is 15.5. The summed E-state index contributed by atoms with van der Waals surface area (Å²) in [4.78, 5) is 16.5. The molecule has 2 aromatic rings. The molecule has 0 bridgehead atoms. The minimum absolute atomic E-state index is 0.0720. The molecule has 6 heteroatoms. The van der Waals surface area contributed by atoms with Crippen molar-refractivity contribution < 1.29 is 14.3 Å². The molecule has 0 aliphatic rings. The zero-order chi connectivity index (χ0) is 19.1. The molecule has 0 fully saturated rings. The number of rotatable bonds is 7. The first-order valence-corrected chi connectivity index (χ1v) is 8.40. The van der Waals surface area contributed by atoms with E-state index < -0.39 is 0 Å². The fourth-order valence-corrected chi connectivity index (χ4v) is 2.69. The van der Waals surface area contributed by atoms with Gasteiger partial charge < -0.3 is 14.8 Å². The normalized spacial score (nSPS) is 10.1. The zero-order valence-electron chi connectivity index (χ0n) is 15.5. The maximum Gasteiger partial charge on any atom is 0.224 e. The molecular formula is C20H23N3O3. The van der Waals surface area contributed by atoms with Crippen molar-refractivity contribution >= 4 is 11.6 Å². The van der Waals surface area contributed by atoms with Crippen molar-refractivity contribution in [2.75, 3.05) is 19.0 Å². The predicted molar refractivity (Wildman–Crippen MR) is 99.5 cm³/mol. The van der Waals surface area contributed by atoms with E-state index in [0.29, 0.717) is 36.5 Å². The number of amides is 1. The van der Waals surface area contributed by atoms with E-state index in [9.17, 15) is 4.79 Å². The second-order valence-corrected chi connectivity index (χ2v) is 6.02. The highest BCUT2D eigenvalue weighted by Gasteiger charge is 2.10. The van der Waals surface area contributed by atoms with Crippen molar-refractivity contribution in [1.29, 1.82) is 5.26 Å². The minimum Gasteiger partial charge on any atom is -0.493 e. The van der Waals surface area contributed by atoms with Crippen LogP contribution in [0.4, 0.5) is 5.69 Å². The number of carbonyl (C=O) groups excluding carboxylic acids is 1. The molecule has 6 nitrogen and oxygen atoms in total. The van der Waals surface area contributed by atoms with E-state index in [4.69, 9.17) is 14.7 Å². The number of benzene rings is 1. The summed E-state index contributed by atoms with van der Waals surface area (Å²) in [5, 5.41) is 11.8. The average Bonchev–Trinajstić information content (AvgIpc) is 2.61. The van der Waals surface area contributed by atoms with Crippen LogP contribution in [-0.2, 0) is 4.79 Å². The lowest BCUT2D eigenvalue weighted by atomic mass is 10.1. The highest BCUT2D eigenvalue weighted by Crippen LogP contribution is 2.28. The molecule has 0 radical (unpaired) electrons. The minimum atomic E-state index is -0.0720. The van der Waals surface area contributed by atoms with E-state index in [-0.39, 0.29) is 5.91 Å². The Balaban J connectivity index is 1.85. The second-order valence-electron chi connectivity index (χ2n) is 6.02. The molecule has 1 aromatic heterocycles. The van der Waals surface area contributed by atoms with Crippen LogP contribution in [-0.4, -0.2) is 24.6 Å². The molecule has 26 heavy (non-hydrogen) atoms. The van der Waals surface area contributed by atoms with Gasteiger partial charge in [0.05, 0.1) is 36.7 Å². The maximum absolute atomic E-state index is 12.2. The van der Waals surface area contributed by atoms with Gasteiger partial charge in [0, 0.05) is 18.2 Å². The standard InChI is InChI=1S/C20H23N3O3/c1-13-10-14(2)22-15(3)20(13)23-19(24)6-5-9-26-17-8-7-16(12-21)11-18(17)25-4/h7-8,10-11H,5-6,9H2,1-4H3,(H,23,24). The van der Waals surface area contributed by atoms with Crippen molar-refractivity contribution in [2.45, 2.75) is 33.6 Å². The summed E-state index contributed by atoms with van der Waals surface area (Å²) in [6, 6.07) is 8.99. The SMILES string of the molecule is COc1cc(C#N)ccc1OCCCC(=O)Nc1c(C)cc(C)nc1C. The summed E-state index contributed by atoms with van der Waals surface area (Å²) in [7, 11) is 1.52. The first-order chi connectivity index (χ1) is 12.4. The first-order valence-electron chi connectivity index (χ1n) is 8.40. The van der Waals surface area contributed by atoms with Crippen LogP contribution in [0.2, 0.25) is 0 Å². The molecule has 0 aliphatic carbocycles. The Kier molecular flexibility index (Phi) is 6.56. The van der Waals surface area contributed by atoms with Gasteiger partial charge in [0.1, 0.15) is 0 Å². The molecule has 0 unspecified atom stereocenters. The summed E-state index contributed by atoms with van der Waals surface area (Å²) < 4.78 is 10.9. The van der Waals surface area contributed by atoms with Crippen molar-refractivity contribution in [2.24, 2.45) is 0 Å². The number of aromatic nitrogens is 1. The van der Waals surface area contributed by atoms with E-state index in [2.05, 4.69) is 16.4 Å². The molecule has 1 heterocycles. The molecule has 1 N–H and O–H groups in total. The molecule has 0 spiro atoms. The van der Waals surface area contributed by atoms with Crippen LogP contribution in [0, 0.1) is 32.1 Å². The summed E-state index contributed by atoms with van der Waals surface area (Å²) >= 11 is 0. The number of nitriles is 1. The molecule has 1 amide bonds. The Morgan fingerprint density at radius 1 is 1.23 bits per heavy atom. The van der Waals surface area contributed by atoms with Gasteiger partial charge in [0.25, 0.3) is 0 Å². The van der Waals surface area contributed by atoms with Crippen LogP contribution in [0.1, 0.15) is 35.4 Å². The maximum atomic E-state index is 12.2.